The van der Waals surface area contributed by atoms with Gasteiger partial charge in [0, 0.05) is 45.1 Å². The Morgan fingerprint density at radius 2 is 2.24 bits per heavy atom. The zero-order valence-corrected chi connectivity index (χ0v) is 12.2. The molecule has 1 amide bonds. The van der Waals surface area contributed by atoms with Gasteiger partial charge in [-0.05, 0) is 6.07 Å². The number of anilines is 1. The predicted molar refractivity (Wildman–Crippen MR) is 82.5 cm³/mol. The molecule has 0 radical (unpaired) electrons. The first-order valence-corrected chi connectivity index (χ1v) is 7.17. The predicted octanol–water partition coefficient (Wildman–Crippen LogP) is 0.741. The maximum Gasteiger partial charge on any atom is 0.253 e. The molecule has 1 aromatic rings. The van der Waals surface area contributed by atoms with Crippen molar-refractivity contribution in [1.29, 1.82) is 0 Å². The van der Waals surface area contributed by atoms with Crippen molar-refractivity contribution in [2.75, 3.05) is 51.3 Å². The first-order valence-electron chi connectivity index (χ1n) is 7.17. The highest BCUT2D eigenvalue weighted by molar-refractivity contribution is 5.94. The van der Waals surface area contributed by atoms with Crippen LogP contribution in [0, 0.1) is 0 Å². The Kier molecular flexibility index (Phi) is 6.18. The molecular formula is C15H22N4O2. The number of ether oxygens (including phenoxy) is 1. The summed E-state index contributed by atoms with van der Waals surface area (Å²) in [5.41, 5.74) is 1.41. The third-order valence-corrected chi connectivity index (χ3v) is 3.27. The lowest BCUT2D eigenvalue weighted by Crippen LogP contribution is -2.39. The van der Waals surface area contributed by atoms with Crippen LogP contribution in [0.5, 0.6) is 0 Å². The maximum atomic E-state index is 11.8. The van der Waals surface area contributed by atoms with Crippen molar-refractivity contribution < 1.29 is 9.53 Å². The van der Waals surface area contributed by atoms with Gasteiger partial charge in [0.05, 0.1) is 24.5 Å². The van der Waals surface area contributed by atoms with E-state index in [0.717, 1.165) is 45.1 Å². The summed E-state index contributed by atoms with van der Waals surface area (Å²) >= 11 is 0. The molecule has 0 unspecified atom stereocenters. The van der Waals surface area contributed by atoms with E-state index in [9.17, 15) is 4.79 Å². The van der Waals surface area contributed by atoms with Gasteiger partial charge in [-0.15, -0.1) is 6.58 Å². The van der Waals surface area contributed by atoms with Gasteiger partial charge in [0.25, 0.3) is 5.91 Å². The largest absolute Gasteiger partial charge is 0.382 e. The molecule has 21 heavy (non-hydrogen) atoms. The summed E-state index contributed by atoms with van der Waals surface area (Å²) in [6.07, 6.45) is 4.94. The number of carbonyl (C=O) groups excluding carboxylic acids is 1. The average molecular weight is 290 g/mol. The van der Waals surface area contributed by atoms with Crippen molar-refractivity contribution in [3.05, 3.63) is 36.7 Å². The molecule has 1 saturated heterocycles. The number of hydrogen-bond donors (Lipinski definition) is 2. The molecule has 1 aliphatic rings. The van der Waals surface area contributed by atoms with Crippen LogP contribution in [0.15, 0.2) is 31.1 Å². The quantitative estimate of drug-likeness (QED) is 0.725. The Hall–Kier alpha value is -1.92. The van der Waals surface area contributed by atoms with E-state index >= 15 is 0 Å². The van der Waals surface area contributed by atoms with E-state index in [0.29, 0.717) is 12.1 Å². The van der Waals surface area contributed by atoms with Gasteiger partial charge < -0.3 is 15.4 Å². The van der Waals surface area contributed by atoms with Crippen LogP contribution in [0.25, 0.3) is 0 Å². The van der Waals surface area contributed by atoms with Crippen molar-refractivity contribution in [1.82, 2.24) is 15.2 Å². The van der Waals surface area contributed by atoms with Crippen molar-refractivity contribution in [2.24, 2.45) is 0 Å². The standard InChI is InChI=1S/C15H22N4O2/c1-2-3-18-15(20)13-10-14(12-16-11-13)17-4-5-19-6-8-21-9-7-19/h2,10-12,17H,1,3-9H2,(H,18,20). The van der Waals surface area contributed by atoms with Gasteiger partial charge in [-0.25, -0.2) is 0 Å². The van der Waals surface area contributed by atoms with E-state index < -0.39 is 0 Å². The van der Waals surface area contributed by atoms with Crippen LogP contribution in [0.1, 0.15) is 10.4 Å². The first kappa shape index (κ1) is 15.5. The van der Waals surface area contributed by atoms with Crippen LogP contribution < -0.4 is 10.6 Å². The fraction of sp³-hybridized carbons (Fsp3) is 0.467. The lowest BCUT2D eigenvalue weighted by Gasteiger charge is -2.26. The van der Waals surface area contributed by atoms with E-state index in [1.807, 2.05) is 6.07 Å². The van der Waals surface area contributed by atoms with Gasteiger partial charge in [0.2, 0.25) is 0 Å². The molecule has 0 aromatic carbocycles. The van der Waals surface area contributed by atoms with Crippen LogP contribution in [-0.4, -0.2) is 61.7 Å². The first-order chi connectivity index (χ1) is 10.3. The van der Waals surface area contributed by atoms with Crippen LogP contribution >= 0.6 is 0 Å². The summed E-state index contributed by atoms with van der Waals surface area (Å²) in [6, 6.07) is 1.81. The molecule has 0 saturated carbocycles. The van der Waals surface area contributed by atoms with E-state index in [1.165, 1.54) is 0 Å². The molecule has 0 atom stereocenters. The van der Waals surface area contributed by atoms with Crippen molar-refractivity contribution in [2.45, 2.75) is 0 Å². The Morgan fingerprint density at radius 1 is 1.43 bits per heavy atom. The number of aromatic nitrogens is 1. The number of nitrogens with one attached hydrogen (secondary N) is 2. The summed E-state index contributed by atoms with van der Waals surface area (Å²) in [4.78, 5) is 18.3. The van der Waals surface area contributed by atoms with Crippen LogP contribution in [-0.2, 0) is 4.74 Å². The van der Waals surface area contributed by atoms with E-state index in [1.54, 1.807) is 18.5 Å². The summed E-state index contributed by atoms with van der Waals surface area (Å²) in [7, 11) is 0. The normalized spacial score (nSPS) is 15.4. The zero-order valence-electron chi connectivity index (χ0n) is 12.2. The van der Waals surface area contributed by atoms with Crippen LogP contribution in [0.4, 0.5) is 5.69 Å². The molecule has 1 fully saturated rings. The van der Waals surface area contributed by atoms with E-state index in [4.69, 9.17) is 4.74 Å². The van der Waals surface area contributed by atoms with Crippen molar-refractivity contribution in [3.63, 3.8) is 0 Å². The molecule has 1 aliphatic heterocycles. The Bertz CT molecular complexity index is 472. The number of amides is 1. The molecule has 2 rings (SSSR count). The third-order valence-electron chi connectivity index (χ3n) is 3.27. The molecule has 0 spiro atoms. The second-order valence-corrected chi connectivity index (χ2v) is 4.84. The minimum atomic E-state index is -0.140. The molecule has 2 heterocycles. The smallest absolute Gasteiger partial charge is 0.253 e. The van der Waals surface area contributed by atoms with E-state index in [-0.39, 0.29) is 5.91 Å². The molecule has 114 valence electrons. The van der Waals surface area contributed by atoms with Gasteiger partial charge in [0.15, 0.2) is 0 Å². The topological polar surface area (TPSA) is 66.5 Å². The zero-order chi connectivity index (χ0) is 14.9. The maximum absolute atomic E-state index is 11.8. The van der Waals surface area contributed by atoms with Crippen molar-refractivity contribution in [3.8, 4) is 0 Å². The summed E-state index contributed by atoms with van der Waals surface area (Å²) in [5.74, 6) is -0.140. The lowest BCUT2D eigenvalue weighted by molar-refractivity contribution is 0.0398. The number of nitrogens with zero attached hydrogens (tertiary/aromatic N) is 2. The molecule has 0 aliphatic carbocycles. The third kappa shape index (κ3) is 5.17. The number of carbonyl (C=O) groups is 1. The molecule has 1 aromatic heterocycles. The highest BCUT2D eigenvalue weighted by atomic mass is 16.5. The fourth-order valence-corrected chi connectivity index (χ4v) is 2.11. The summed E-state index contributed by atoms with van der Waals surface area (Å²) < 4.78 is 5.32. The van der Waals surface area contributed by atoms with Crippen LogP contribution in [0.2, 0.25) is 0 Å². The second-order valence-electron chi connectivity index (χ2n) is 4.84. The highest BCUT2D eigenvalue weighted by Gasteiger charge is 2.10. The van der Waals surface area contributed by atoms with E-state index in [2.05, 4.69) is 27.1 Å². The summed E-state index contributed by atoms with van der Waals surface area (Å²) in [6.45, 7) is 9.36. The number of morpholine rings is 1. The minimum absolute atomic E-state index is 0.140. The molecule has 6 heteroatoms. The van der Waals surface area contributed by atoms with Crippen molar-refractivity contribution >= 4 is 11.6 Å². The van der Waals surface area contributed by atoms with Crippen LogP contribution in [0.3, 0.4) is 0 Å². The number of hydrogen-bond acceptors (Lipinski definition) is 5. The molecule has 0 bridgehead atoms. The molecular weight excluding hydrogens is 268 g/mol. The Labute approximate surface area is 125 Å². The van der Waals surface area contributed by atoms with Gasteiger partial charge in [0.1, 0.15) is 0 Å². The van der Waals surface area contributed by atoms with Gasteiger partial charge >= 0.3 is 0 Å². The Morgan fingerprint density at radius 3 is 3.00 bits per heavy atom. The minimum Gasteiger partial charge on any atom is -0.382 e. The van der Waals surface area contributed by atoms with Gasteiger partial charge in [-0.3, -0.25) is 14.7 Å². The molecule has 6 nitrogen and oxygen atoms in total. The lowest BCUT2D eigenvalue weighted by atomic mass is 10.2. The average Bonchev–Trinajstić information content (AvgIpc) is 2.54. The number of rotatable bonds is 7. The summed E-state index contributed by atoms with van der Waals surface area (Å²) in [5, 5.41) is 6.03. The van der Waals surface area contributed by atoms with Gasteiger partial charge in [-0.2, -0.15) is 0 Å². The SMILES string of the molecule is C=CCNC(=O)c1cncc(NCCN2CCOCC2)c1. The Balaban J connectivity index is 1.80. The highest BCUT2D eigenvalue weighted by Crippen LogP contribution is 2.08. The van der Waals surface area contributed by atoms with Gasteiger partial charge in [-0.1, -0.05) is 6.08 Å². The second kappa shape index (κ2) is 8.39. The molecule has 2 N–H and O–H groups in total. The number of pyridine rings is 1. The fourth-order valence-electron chi connectivity index (χ4n) is 2.11. The monoisotopic (exact) mass is 290 g/mol.